The highest BCUT2D eigenvalue weighted by molar-refractivity contribution is 5.88. The van der Waals surface area contributed by atoms with Gasteiger partial charge in [-0.3, -0.25) is 4.79 Å². The minimum atomic E-state index is 0. The van der Waals surface area contributed by atoms with E-state index in [9.17, 15) is 4.79 Å². The van der Waals surface area contributed by atoms with E-state index in [4.69, 9.17) is 4.42 Å². The van der Waals surface area contributed by atoms with Crippen molar-refractivity contribution in [3.8, 4) is 0 Å². The Bertz CT molecular complexity index is 681. The third-order valence-corrected chi connectivity index (χ3v) is 4.43. The number of hydrogen-bond donors (Lipinski definition) is 1. The zero-order valence-electron chi connectivity index (χ0n) is 13.3. The number of amides is 1. The highest BCUT2D eigenvalue weighted by Crippen LogP contribution is 2.25. The first-order chi connectivity index (χ1) is 10.1. The summed E-state index contributed by atoms with van der Waals surface area (Å²) >= 11 is 0. The lowest BCUT2D eigenvalue weighted by Gasteiger charge is -2.34. The molecule has 1 unspecified atom stereocenters. The van der Waals surface area contributed by atoms with Gasteiger partial charge in [-0.2, -0.15) is 0 Å². The Labute approximate surface area is 137 Å². The summed E-state index contributed by atoms with van der Waals surface area (Å²) < 4.78 is 5.62. The van der Waals surface area contributed by atoms with Gasteiger partial charge in [0, 0.05) is 36.6 Å². The first-order valence-electron chi connectivity index (χ1n) is 7.54. The second-order valence-corrected chi connectivity index (χ2v) is 6.01. The Hall–Kier alpha value is -1.52. The van der Waals surface area contributed by atoms with Crippen LogP contribution in [0.2, 0.25) is 0 Å². The number of halogens is 1. The molecule has 1 saturated heterocycles. The van der Waals surface area contributed by atoms with E-state index in [1.54, 1.807) is 6.26 Å². The predicted molar refractivity (Wildman–Crippen MR) is 90.7 cm³/mol. The van der Waals surface area contributed by atoms with Crippen LogP contribution >= 0.6 is 12.4 Å². The Kier molecular flexibility index (Phi) is 5.14. The van der Waals surface area contributed by atoms with E-state index in [0.717, 1.165) is 36.2 Å². The lowest BCUT2D eigenvalue weighted by molar-refractivity contribution is -0.133. The average Bonchev–Trinajstić information content (AvgIpc) is 2.82. The number of rotatable bonds is 2. The minimum Gasteiger partial charge on any atom is -0.464 e. The maximum absolute atomic E-state index is 12.5. The second kappa shape index (κ2) is 6.71. The molecule has 1 atom stereocenters. The van der Waals surface area contributed by atoms with E-state index in [0.29, 0.717) is 6.42 Å². The molecular formula is C17H23ClN2O2. The summed E-state index contributed by atoms with van der Waals surface area (Å²) in [6.45, 7) is 8.78. The minimum absolute atomic E-state index is 0. The number of aryl methyl sites for hydroxylation is 2. The summed E-state index contributed by atoms with van der Waals surface area (Å²) in [5.41, 5.74) is 4.30. The Morgan fingerprint density at radius 1 is 1.36 bits per heavy atom. The summed E-state index contributed by atoms with van der Waals surface area (Å²) in [6.07, 6.45) is 2.15. The van der Waals surface area contributed by atoms with Crippen molar-refractivity contribution in [3.05, 3.63) is 35.1 Å². The first kappa shape index (κ1) is 16.8. The Morgan fingerprint density at radius 3 is 2.82 bits per heavy atom. The Morgan fingerprint density at radius 2 is 2.09 bits per heavy atom. The molecule has 22 heavy (non-hydrogen) atoms. The summed E-state index contributed by atoms with van der Waals surface area (Å²) in [6, 6.07) is 4.43. The van der Waals surface area contributed by atoms with Gasteiger partial charge in [0.25, 0.3) is 0 Å². The van der Waals surface area contributed by atoms with Crippen LogP contribution in [0.25, 0.3) is 11.0 Å². The highest BCUT2D eigenvalue weighted by atomic mass is 35.5. The van der Waals surface area contributed by atoms with Crippen molar-refractivity contribution in [1.29, 1.82) is 0 Å². The normalized spacial score (nSPS) is 18.3. The summed E-state index contributed by atoms with van der Waals surface area (Å²) in [7, 11) is 0. The molecule has 1 fully saturated rings. The van der Waals surface area contributed by atoms with Gasteiger partial charge in [-0.15, -0.1) is 12.4 Å². The molecular weight excluding hydrogens is 300 g/mol. The van der Waals surface area contributed by atoms with E-state index in [2.05, 4.69) is 32.2 Å². The van der Waals surface area contributed by atoms with Gasteiger partial charge in [-0.05, 0) is 44.0 Å². The fourth-order valence-electron chi connectivity index (χ4n) is 2.95. The topological polar surface area (TPSA) is 45.5 Å². The van der Waals surface area contributed by atoms with Gasteiger partial charge in [-0.25, -0.2) is 0 Å². The fourth-order valence-corrected chi connectivity index (χ4v) is 2.95. The van der Waals surface area contributed by atoms with Crippen LogP contribution in [0.4, 0.5) is 0 Å². The van der Waals surface area contributed by atoms with Gasteiger partial charge in [0.05, 0.1) is 12.7 Å². The predicted octanol–water partition coefficient (Wildman–Crippen LogP) is 2.83. The molecule has 2 aromatic rings. The number of hydrogen-bond acceptors (Lipinski definition) is 3. The molecule has 4 nitrogen and oxygen atoms in total. The highest BCUT2D eigenvalue weighted by Gasteiger charge is 2.24. The number of nitrogens with one attached hydrogen (secondary N) is 1. The van der Waals surface area contributed by atoms with Crippen LogP contribution < -0.4 is 5.32 Å². The van der Waals surface area contributed by atoms with Crippen molar-refractivity contribution in [2.24, 2.45) is 0 Å². The Balaban J connectivity index is 0.00000176. The van der Waals surface area contributed by atoms with Gasteiger partial charge in [0.15, 0.2) is 0 Å². The summed E-state index contributed by atoms with van der Waals surface area (Å²) in [5, 5.41) is 4.37. The van der Waals surface area contributed by atoms with Crippen LogP contribution in [-0.4, -0.2) is 36.5 Å². The quantitative estimate of drug-likeness (QED) is 0.924. The fraction of sp³-hybridized carbons (Fsp3) is 0.471. The van der Waals surface area contributed by atoms with Crippen LogP contribution in [0, 0.1) is 13.8 Å². The average molecular weight is 323 g/mol. The van der Waals surface area contributed by atoms with E-state index >= 15 is 0 Å². The van der Waals surface area contributed by atoms with E-state index in [1.165, 1.54) is 11.1 Å². The van der Waals surface area contributed by atoms with Crippen molar-refractivity contribution in [2.75, 3.05) is 19.6 Å². The molecule has 1 aromatic carbocycles. The van der Waals surface area contributed by atoms with E-state index in [1.807, 2.05) is 11.0 Å². The van der Waals surface area contributed by atoms with Crippen molar-refractivity contribution in [1.82, 2.24) is 10.2 Å². The molecule has 2 heterocycles. The molecule has 1 aliphatic rings. The van der Waals surface area contributed by atoms with Crippen molar-refractivity contribution >= 4 is 29.3 Å². The van der Waals surface area contributed by atoms with Crippen LogP contribution in [0.3, 0.4) is 0 Å². The van der Waals surface area contributed by atoms with Crippen LogP contribution in [0.15, 0.2) is 22.8 Å². The SMILES string of the molecule is Cc1cc2occ(CC(=O)N3CCNCC3C)c2cc1C.Cl. The summed E-state index contributed by atoms with van der Waals surface area (Å²) in [4.78, 5) is 14.5. The maximum Gasteiger partial charge on any atom is 0.227 e. The zero-order valence-corrected chi connectivity index (χ0v) is 14.1. The number of benzene rings is 1. The molecule has 3 rings (SSSR count). The van der Waals surface area contributed by atoms with Gasteiger partial charge < -0.3 is 14.6 Å². The largest absolute Gasteiger partial charge is 0.464 e. The molecule has 0 saturated carbocycles. The number of furan rings is 1. The number of nitrogens with zero attached hydrogens (tertiary/aromatic N) is 1. The van der Waals surface area contributed by atoms with Gasteiger partial charge in [-0.1, -0.05) is 0 Å². The smallest absolute Gasteiger partial charge is 0.227 e. The third-order valence-electron chi connectivity index (χ3n) is 4.43. The zero-order chi connectivity index (χ0) is 15.0. The molecule has 0 bridgehead atoms. The van der Waals surface area contributed by atoms with Crippen molar-refractivity contribution in [3.63, 3.8) is 0 Å². The van der Waals surface area contributed by atoms with Gasteiger partial charge in [0.1, 0.15) is 5.58 Å². The lowest BCUT2D eigenvalue weighted by Crippen LogP contribution is -2.52. The molecule has 0 aliphatic carbocycles. The van der Waals surface area contributed by atoms with Crippen LogP contribution in [-0.2, 0) is 11.2 Å². The van der Waals surface area contributed by atoms with E-state index < -0.39 is 0 Å². The molecule has 0 radical (unpaired) electrons. The molecule has 0 spiro atoms. The molecule has 5 heteroatoms. The molecule has 1 aliphatic heterocycles. The first-order valence-corrected chi connectivity index (χ1v) is 7.54. The van der Waals surface area contributed by atoms with Gasteiger partial charge >= 0.3 is 0 Å². The van der Waals surface area contributed by atoms with Gasteiger partial charge in [0.2, 0.25) is 5.91 Å². The number of fused-ring (bicyclic) bond motifs is 1. The van der Waals surface area contributed by atoms with Crippen LogP contribution in [0.5, 0.6) is 0 Å². The second-order valence-electron chi connectivity index (χ2n) is 6.01. The molecule has 1 N–H and O–H groups in total. The monoisotopic (exact) mass is 322 g/mol. The number of piperazine rings is 1. The summed E-state index contributed by atoms with van der Waals surface area (Å²) in [5.74, 6) is 0.185. The number of carbonyl (C=O) groups excluding carboxylic acids is 1. The molecule has 120 valence electrons. The molecule has 1 amide bonds. The van der Waals surface area contributed by atoms with Crippen molar-refractivity contribution in [2.45, 2.75) is 33.2 Å². The van der Waals surface area contributed by atoms with Crippen molar-refractivity contribution < 1.29 is 9.21 Å². The van der Waals surface area contributed by atoms with Crippen LogP contribution in [0.1, 0.15) is 23.6 Å². The lowest BCUT2D eigenvalue weighted by atomic mass is 10.0. The maximum atomic E-state index is 12.5. The number of carbonyl (C=O) groups is 1. The standard InChI is InChI=1S/C17H22N2O2.ClH/c1-11-6-15-14(10-21-16(15)7-12(11)2)8-17(20)19-5-4-18-9-13(19)3;/h6-7,10,13,18H,4-5,8-9H2,1-3H3;1H. The third kappa shape index (κ3) is 3.13. The van der Waals surface area contributed by atoms with E-state index in [-0.39, 0.29) is 24.4 Å². The molecule has 1 aromatic heterocycles.